The number of nitrogens with one attached hydrogen (secondary N) is 1. The van der Waals surface area contributed by atoms with Gasteiger partial charge in [0.2, 0.25) is 5.91 Å². The predicted octanol–water partition coefficient (Wildman–Crippen LogP) is 2.01. The SMILES string of the molecule is CCOCC(NC(=O)C1(C(N)=S)CCCC1)C(C)C. The zero-order chi connectivity index (χ0) is 14.5. The fraction of sp³-hybridized carbons (Fsp3) is 0.857. The Bertz CT molecular complexity index is 325. The number of hydrogen-bond acceptors (Lipinski definition) is 3. The number of rotatable bonds is 7. The minimum absolute atomic E-state index is 0.0132. The van der Waals surface area contributed by atoms with Crippen LogP contribution in [-0.4, -0.2) is 30.2 Å². The molecule has 1 rings (SSSR count). The van der Waals surface area contributed by atoms with Gasteiger partial charge in [-0.05, 0) is 25.7 Å². The Morgan fingerprint density at radius 1 is 1.42 bits per heavy atom. The fourth-order valence-corrected chi connectivity index (χ4v) is 2.81. The highest BCUT2D eigenvalue weighted by atomic mass is 32.1. The number of carbonyl (C=O) groups is 1. The molecule has 4 nitrogen and oxygen atoms in total. The van der Waals surface area contributed by atoms with E-state index >= 15 is 0 Å². The van der Waals surface area contributed by atoms with Gasteiger partial charge in [0.15, 0.2) is 0 Å². The van der Waals surface area contributed by atoms with Crippen LogP contribution in [0.3, 0.4) is 0 Å². The second kappa shape index (κ2) is 7.20. The first-order valence-electron chi connectivity index (χ1n) is 7.12. The predicted molar refractivity (Wildman–Crippen MR) is 80.9 cm³/mol. The molecule has 1 fully saturated rings. The van der Waals surface area contributed by atoms with E-state index in [1.807, 2.05) is 6.92 Å². The van der Waals surface area contributed by atoms with Crippen LogP contribution in [-0.2, 0) is 9.53 Å². The molecule has 3 N–H and O–H groups in total. The first kappa shape index (κ1) is 16.4. The maximum Gasteiger partial charge on any atom is 0.233 e. The molecule has 0 aromatic rings. The van der Waals surface area contributed by atoms with E-state index in [9.17, 15) is 4.79 Å². The number of nitrogens with two attached hydrogens (primary N) is 1. The highest BCUT2D eigenvalue weighted by Crippen LogP contribution is 2.38. The lowest BCUT2D eigenvalue weighted by molar-refractivity contribution is -0.128. The van der Waals surface area contributed by atoms with Crippen LogP contribution in [0.4, 0.5) is 0 Å². The van der Waals surface area contributed by atoms with E-state index in [4.69, 9.17) is 22.7 Å². The molecule has 0 bridgehead atoms. The molecule has 19 heavy (non-hydrogen) atoms. The van der Waals surface area contributed by atoms with Crippen molar-refractivity contribution in [2.24, 2.45) is 17.1 Å². The summed E-state index contributed by atoms with van der Waals surface area (Å²) >= 11 is 5.14. The van der Waals surface area contributed by atoms with Crippen molar-refractivity contribution in [2.75, 3.05) is 13.2 Å². The van der Waals surface area contributed by atoms with Crippen LogP contribution in [0.15, 0.2) is 0 Å². The lowest BCUT2D eigenvalue weighted by Gasteiger charge is -2.30. The van der Waals surface area contributed by atoms with Crippen LogP contribution >= 0.6 is 12.2 Å². The van der Waals surface area contributed by atoms with Crippen LogP contribution in [0.25, 0.3) is 0 Å². The summed E-state index contributed by atoms with van der Waals surface area (Å²) in [5, 5.41) is 3.08. The molecule has 1 aliphatic carbocycles. The molecule has 0 aromatic carbocycles. The maximum atomic E-state index is 12.6. The maximum absolute atomic E-state index is 12.6. The third-order valence-corrected chi connectivity index (χ3v) is 4.38. The van der Waals surface area contributed by atoms with Crippen LogP contribution in [0.1, 0.15) is 46.5 Å². The first-order valence-corrected chi connectivity index (χ1v) is 7.53. The molecule has 1 aliphatic rings. The zero-order valence-electron chi connectivity index (χ0n) is 12.2. The van der Waals surface area contributed by atoms with Gasteiger partial charge in [0.05, 0.1) is 23.1 Å². The highest BCUT2D eigenvalue weighted by Gasteiger charge is 2.44. The summed E-state index contributed by atoms with van der Waals surface area (Å²) in [5.74, 6) is 0.302. The minimum Gasteiger partial charge on any atom is -0.392 e. The summed E-state index contributed by atoms with van der Waals surface area (Å²) in [6, 6.07) is 0.0132. The van der Waals surface area contributed by atoms with Gasteiger partial charge >= 0.3 is 0 Å². The number of carbonyl (C=O) groups excluding carboxylic acids is 1. The second-order valence-corrected chi connectivity index (χ2v) is 6.08. The van der Waals surface area contributed by atoms with Crippen LogP contribution < -0.4 is 11.1 Å². The van der Waals surface area contributed by atoms with Gasteiger partial charge in [0.25, 0.3) is 0 Å². The van der Waals surface area contributed by atoms with Gasteiger partial charge in [-0.15, -0.1) is 0 Å². The molecular formula is C14H26N2O2S. The number of amides is 1. The van der Waals surface area contributed by atoms with E-state index in [1.54, 1.807) is 0 Å². The van der Waals surface area contributed by atoms with Gasteiger partial charge in [-0.2, -0.15) is 0 Å². The van der Waals surface area contributed by atoms with Crippen molar-refractivity contribution in [1.82, 2.24) is 5.32 Å². The van der Waals surface area contributed by atoms with Gasteiger partial charge in [0.1, 0.15) is 0 Å². The third kappa shape index (κ3) is 3.89. The quantitative estimate of drug-likeness (QED) is 0.703. The van der Waals surface area contributed by atoms with E-state index in [2.05, 4.69) is 19.2 Å². The summed E-state index contributed by atoms with van der Waals surface area (Å²) in [6.45, 7) is 7.29. The Labute approximate surface area is 121 Å². The molecule has 110 valence electrons. The fourth-order valence-electron chi connectivity index (χ4n) is 2.52. The summed E-state index contributed by atoms with van der Waals surface area (Å²) < 4.78 is 5.44. The molecule has 0 spiro atoms. The van der Waals surface area contributed by atoms with Crippen molar-refractivity contribution in [1.29, 1.82) is 0 Å². The van der Waals surface area contributed by atoms with E-state index in [1.165, 1.54) is 0 Å². The zero-order valence-corrected chi connectivity index (χ0v) is 13.0. The normalized spacial score (nSPS) is 19.4. The van der Waals surface area contributed by atoms with Gasteiger partial charge < -0.3 is 15.8 Å². The van der Waals surface area contributed by atoms with Crippen molar-refractivity contribution in [3.63, 3.8) is 0 Å². The average Bonchev–Trinajstić information content (AvgIpc) is 2.84. The molecule has 5 heteroatoms. The second-order valence-electron chi connectivity index (χ2n) is 5.64. The summed E-state index contributed by atoms with van der Waals surface area (Å²) in [7, 11) is 0. The molecule has 0 aromatic heterocycles. The summed E-state index contributed by atoms with van der Waals surface area (Å²) in [6.07, 6.45) is 3.58. The van der Waals surface area contributed by atoms with E-state index < -0.39 is 5.41 Å². The Morgan fingerprint density at radius 2 is 2.00 bits per heavy atom. The Morgan fingerprint density at radius 3 is 2.42 bits per heavy atom. The Balaban J connectivity index is 2.72. The minimum atomic E-state index is -0.630. The standard InChI is InChI=1S/C14H26N2O2S/c1-4-18-9-11(10(2)3)16-13(17)14(12(15)19)7-5-6-8-14/h10-11H,4-9H2,1-3H3,(H2,15,19)(H,16,17). The molecular weight excluding hydrogens is 260 g/mol. The van der Waals surface area contributed by atoms with E-state index in [-0.39, 0.29) is 11.9 Å². The van der Waals surface area contributed by atoms with Crippen molar-refractivity contribution < 1.29 is 9.53 Å². The van der Waals surface area contributed by atoms with E-state index in [0.717, 1.165) is 25.7 Å². The largest absolute Gasteiger partial charge is 0.392 e. The lowest BCUT2D eigenvalue weighted by atomic mass is 9.84. The van der Waals surface area contributed by atoms with Crippen LogP contribution in [0, 0.1) is 11.3 Å². The monoisotopic (exact) mass is 286 g/mol. The highest BCUT2D eigenvalue weighted by molar-refractivity contribution is 7.80. The smallest absolute Gasteiger partial charge is 0.233 e. The van der Waals surface area contributed by atoms with Crippen LogP contribution in [0.5, 0.6) is 0 Å². The molecule has 1 atom stereocenters. The van der Waals surface area contributed by atoms with Crippen molar-refractivity contribution in [3.8, 4) is 0 Å². The number of hydrogen-bond donors (Lipinski definition) is 2. The van der Waals surface area contributed by atoms with Crippen molar-refractivity contribution in [2.45, 2.75) is 52.5 Å². The van der Waals surface area contributed by atoms with Crippen LogP contribution in [0.2, 0.25) is 0 Å². The average molecular weight is 286 g/mol. The van der Waals surface area contributed by atoms with Crippen molar-refractivity contribution in [3.05, 3.63) is 0 Å². The van der Waals surface area contributed by atoms with E-state index in [0.29, 0.717) is 24.1 Å². The molecule has 0 saturated heterocycles. The molecule has 1 saturated carbocycles. The molecule has 1 unspecified atom stereocenters. The van der Waals surface area contributed by atoms with Gasteiger partial charge in [-0.25, -0.2) is 0 Å². The molecule has 0 heterocycles. The number of ether oxygens (including phenoxy) is 1. The third-order valence-electron chi connectivity index (χ3n) is 3.99. The van der Waals surface area contributed by atoms with Gasteiger partial charge in [-0.3, -0.25) is 4.79 Å². The van der Waals surface area contributed by atoms with Gasteiger partial charge in [0, 0.05) is 6.61 Å². The molecule has 0 aliphatic heterocycles. The summed E-state index contributed by atoms with van der Waals surface area (Å²) in [4.78, 5) is 12.9. The Hall–Kier alpha value is -0.680. The summed E-state index contributed by atoms with van der Waals surface area (Å²) in [5.41, 5.74) is 5.19. The first-order chi connectivity index (χ1) is 8.94. The molecule has 1 amide bonds. The lowest BCUT2D eigenvalue weighted by Crippen LogP contribution is -2.52. The number of thiocarbonyl (C=S) groups is 1. The molecule has 0 radical (unpaired) electrons. The van der Waals surface area contributed by atoms with Gasteiger partial charge in [-0.1, -0.05) is 38.9 Å². The topological polar surface area (TPSA) is 64.3 Å². The Kier molecular flexibility index (Phi) is 6.20. The van der Waals surface area contributed by atoms with Crippen molar-refractivity contribution >= 4 is 23.1 Å².